The van der Waals surface area contributed by atoms with Crippen molar-refractivity contribution in [1.29, 1.82) is 0 Å². The molecular formula is C17H15FO5. The fourth-order valence-corrected chi connectivity index (χ4v) is 2.20. The maximum atomic E-state index is 13.6. The third kappa shape index (κ3) is 3.36. The first-order valence-corrected chi connectivity index (χ1v) is 7.06. The molecule has 0 saturated carbocycles. The summed E-state index contributed by atoms with van der Waals surface area (Å²) < 4.78 is 34.4. The van der Waals surface area contributed by atoms with E-state index in [-0.39, 0.29) is 12.4 Å². The molecule has 6 heteroatoms. The van der Waals surface area contributed by atoms with Gasteiger partial charge in [-0.15, -0.1) is 0 Å². The van der Waals surface area contributed by atoms with Gasteiger partial charge in [0.25, 0.3) is 0 Å². The molecule has 2 aromatic rings. The van der Waals surface area contributed by atoms with Crippen LogP contribution in [0.2, 0.25) is 0 Å². The smallest absolute Gasteiger partial charge is 0.338 e. The van der Waals surface area contributed by atoms with Crippen molar-refractivity contribution < 1.29 is 28.1 Å². The summed E-state index contributed by atoms with van der Waals surface area (Å²) in [6.45, 7) is 0.893. The molecule has 0 saturated heterocycles. The van der Waals surface area contributed by atoms with Crippen LogP contribution in [0.4, 0.5) is 4.39 Å². The minimum absolute atomic E-state index is 0.0335. The van der Waals surface area contributed by atoms with Crippen LogP contribution in [0.3, 0.4) is 0 Å². The molecule has 0 fully saturated rings. The highest BCUT2D eigenvalue weighted by atomic mass is 19.1. The number of ether oxygens (including phenoxy) is 4. The summed E-state index contributed by atoms with van der Waals surface area (Å²) >= 11 is 0. The van der Waals surface area contributed by atoms with Gasteiger partial charge in [0.15, 0.2) is 23.1 Å². The van der Waals surface area contributed by atoms with Crippen LogP contribution < -0.4 is 14.2 Å². The number of hydrogen-bond donors (Lipinski definition) is 0. The van der Waals surface area contributed by atoms with E-state index in [2.05, 4.69) is 0 Å². The van der Waals surface area contributed by atoms with Crippen LogP contribution in [0.5, 0.6) is 17.2 Å². The van der Waals surface area contributed by atoms with Crippen molar-refractivity contribution in [3.05, 3.63) is 53.3 Å². The molecule has 0 atom stereocenters. The zero-order chi connectivity index (χ0) is 16.2. The Bertz CT molecular complexity index is 729. The van der Waals surface area contributed by atoms with Crippen LogP contribution in [0, 0.1) is 5.82 Å². The highest BCUT2D eigenvalue weighted by Gasteiger charge is 2.16. The minimum Gasteiger partial charge on any atom is -0.494 e. The Labute approximate surface area is 132 Å². The lowest BCUT2D eigenvalue weighted by Gasteiger charge is -2.18. The Morgan fingerprint density at radius 2 is 1.91 bits per heavy atom. The Kier molecular flexibility index (Phi) is 4.32. The number of benzene rings is 2. The van der Waals surface area contributed by atoms with Crippen molar-refractivity contribution in [1.82, 2.24) is 0 Å². The summed E-state index contributed by atoms with van der Waals surface area (Å²) in [6.07, 6.45) is 0. The third-order valence-electron chi connectivity index (χ3n) is 3.36. The maximum Gasteiger partial charge on any atom is 0.338 e. The molecule has 0 unspecified atom stereocenters. The lowest BCUT2D eigenvalue weighted by Crippen LogP contribution is -2.16. The summed E-state index contributed by atoms with van der Waals surface area (Å²) in [6, 6.07) is 9.24. The molecule has 1 heterocycles. The standard InChI is InChI=1S/C17H15FO5/c1-20-14-4-2-11(8-13(14)18)10-23-17(19)12-3-5-15-16(9-12)22-7-6-21-15/h2-5,8-9H,6-7,10H2,1H3. The average Bonchev–Trinajstić information content (AvgIpc) is 2.59. The second-order valence-corrected chi connectivity index (χ2v) is 4.90. The van der Waals surface area contributed by atoms with Gasteiger partial charge in [0, 0.05) is 0 Å². The minimum atomic E-state index is -0.516. The first kappa shape index (κ1) is 15.1. The predicted octanol–water partition coefficient (Wildman–Crippen LogP) is 2.96. The average molecular weight is 318 g/mol. The van der Waals surface area contributed by atoms with Crippen LogP contribution in [-0.4, -0.2) is 26.3 Å². The highest BCUT2D eigenvalue weighted by molar-refractivity contribution is 5.90. The van der Waals surface area contributed by atoms with Crippen LogP contribution >= 0.6 is 0 Å². The van der Waals surface area contributed by atoms with E-state index in [1.807, 2.05) is 0 Å². The predicted molar refractivity (Wildman–Crippen MR) is 79.5 cm³/mol. The maximum absolute atomic E-state index is 13.6. The van der Waals surface area contributed by atoms with Crippen molar-refractivity contribution in [2.75, 3.05) is 20.3 Å². The number of esters is 1. The number of rotatable bonds is 4. The molecule has 3 rings (SSSR count). The van der Waals surface area contributed by atoms with Gasteiger partial charge < -0.3 is 18.9 Å². The van der Waals surface area contributed by atoms with Gasteiger partial charge in [0.1, 0.15) is 19.8 Å². The molecule has 1 aliphatic rings. The van der Waals surface area contributed by atoms with E-state index in [4.69, 9.17) is 18.9 Å². The van der Waals surface area contributed by atoms with E-state index in [9.17, 15) is 9.18 Å². The fraction of sp³-hybridized carbons (Fsp3) is 0.235. The van der Waals surface area contributed by atoms with Gasteiger partial charge in [-0.05, 0) is 35.9 Å². The second-order valence-electron chi connectivity index (χ2n) is 4.90. The van der Waals surface area contributed by atoms with Gasteiger partial charge in [-0.2, -0.15) is 0 Å². The normalized spacial score (nSPS) is 12.6. The van der Waals surface area contributed by atoms with Crippen LogP contribution in [0.15, 0.2) is 36.4 Å². The number of carbonyl (C=O) groups is 1. The van der Waals surface area contributed by atoms with Crippen molar-refractivity contribution in [2.45, 2.75) is 6.61 Å². The quantitative estimate of drug-likeness (QED) is 0.811. The Morgan fingerprint density at radius 1 is 1.13 bits per heavy atom. The van der Waals surface area contributed by atoms with E-state index in [1.54, 1.807) is 24.3 Å². The van der Waals surface area contributed by atoms with Gasteiger partial charge in [-0.25, -0.2) is 9.18 Å². The molecule has 0 aliphatic carbocycles. The number of halogens is 1. The zero-order valence-corrected chi connectivity index (χ0v) is 12.5. The fourth-order valence-electron chi connectivity index (χ4n) is 2.20. The molecule has 2 aromatic carbocycles. The third-order valence-corrected chi connectivity index (χ3v) is 3.36. The molecule has 0 bridgehead atoms. The molecule has 1 aliphatic heterocycles. The van der Waals surface area contributed by atoms with Crippen molar-refractivity contribution >= 4 is 5.97 Å². The van der Waals surface area contributed by atoms with E-state index in [0.29, 0.717) is 35.8 Å². The van der Waals surface area contributed by atoms with Crippen LogP contribution in [0.1, 0.15) is 15.9 Å². The summed E-state index contributed by atoms with van der Waals surface area (Å²) in [5.41, 5.74) is 0.887. The van der Waals surface area contributed by atoms with E-state index in [0.717, 1.165) is 0 Å². The second kappa shape index (κ2) is 6.56. The number of carbonyl (C=O) groups excluding carboxylic acids is 1. The van der Waals surface area contributed by atoms with Gasteiger partial charge in [-0.1, -0.05) is 6.07 Å². The Balaban J connectivity index is 1.66. The number of fused-ring (bicyclic) bond motifs is 1. The van der Waals surface area contributed by atoms with Gasteiger partial charge >= 0.3 is 5.97 Å². The molecule has 0 radical (unpaired) electrons. The summed E-state index contributed by atoms with van der Waals surface area (Å²) in [5.74, 6) is 0.247. The summed E-state index contributed by atoms with van der Waals surface area (Å²) in [4.78, 5) is 12.1. The topological polar surface area (TPSA) is 54.0 Å². The van der Waals surface area contributed by atoms with Gasteiger partial charge in [0.2, 0.25) is 0 Å². The SMILES string of the molecule is COc1ccc(COC(=O)c2ccc3c(c2)OCCO3)cc1F. The number of hydrogen-bond acceptors (Lipinski definition) is 5. The van der Waals surface area contributed by atoms with Crippen molar-refractivity contribution in [3.63, 3.8) is 0 Å². The number of methoxy groups -OCH3 is 1. The molecule has 120 valence electrons. The highest BCUT2D eigenvalue weighted by Crippen LogP contribution is 2.31. The van der Waals surface area contributed by atoms with Crippen LogP contribution in [0.25, 0.3) is 0 Å². The van der Waals surface area contributed by atoms with Crippen LogP contribution in [-0.2, 0) is 11.3 Å². The first-order valence-electron chi connectivity index (χ1n) is 7.06. The molecule has 5 nitrogen and oxygen atoms in total. The first-order chi connectivity index (χ1) is 11.2. The van der Waals surface area contributed by atoms with Crippen molar-refractivity contribution in [2.24, 2.45) is 0 Å². The Morgan fingerprint density at radius 3 is 2.65 bits per heavy atom. The lowest BCUT2D eigenvalue weighted by atomic mass is 10.2. The largest absolute Gasteiger partial charge is 0.494 e. The zero-order valence-electron chi connectivity index (χ0n) is 12.5. The monoisotopic (exact) mass is 318 g/mol. The van der Waals surface area contributed by atoms with E-state index >= 15 is 0 Å². The lowest BCUT2D eigenvalue weighted by molar-refractivity contribution is 0.0471. The van der Waals surface area contributed by atoms with Gasteiger partial charge in [-0.3, -0.25) is 0 Å². The summed E-state index contributed by atoms with van der Waals surface area (Å²) in [7, 11) is 1.39. The summed E-state index contributed by atoms with van der Waals surface area (Å²) in [5, 5.41) is 0. The molecule has 0 spiro atoms. The Hall–Kier alpha value is -2.76. The molecule has 0 aromatic heterocycles. The van der Waals surface area contributed by atoms with Crippen molar-refractivity contribution in [3.8, 4) is 17.2 Å². The molecule has 0 amide bonds. The van der Waals surface area contributed by atoms with Gasteiger partial charge in [0.05, 0.1) is 12.7 Å². The molecular weight excluding hydrogens is 303 g/mol. The van der Waals surface area contributed by atoms with E-state index < -0.39 is 11.8 Å². The molecule has 23 heavy (non-hydrogen) atoms. The van der Waals surface area contributed by atoms with E-state index in [1.165, 1.54) is 19.2 Å². The molecule has 0 N–H and O–H groups in total.